The molecule has 4 N–H and O–H groups in total. The number of methoxy groups -OCH3 is 1. The van der Waals surface area contributed by atoms with E-state index in [9.17, 15) is 4.79 Å². The van der Waals surface area contributed by atoms with E-state index < -0.39 is 5.97 Å². The normalized spacial score (nSPS) is 17.3. The number of esters is 1. The lowest BCUT2D eigenvalue weighted by Crippen LogP contribution is -2.15. The van der Waals surface area contributed by atoms with Gasteiger partial charge in [-0.1, -0.05) is 6.92 Å². The zero-order valence-electron chi connectivity index (χ0n) is 8.76. The molecule has 15 heavy (non-hydrogen) atoms. The Kier molecular flexibility index (Phi) is 2.15. The van der Waals surface area contributed by atoms with Crippen LogP contribution >= 0.6 is 0 Å². The summed E-state index contributed by atoms with van der Waals surface area (Å²) in [5.41, 5.74) is 3.63. The molecule has 0 spiro atoms. The van der Waals surface area contributed by atoms with Crippen molar-refractivity contribution in [2.45, 2.75) is 25.2 Å². The third-order valence-electron chi connectivity index (χ3n) is 2.90. The van der Waals surface area contributed by atoms with Crippen LogP contribution in [0.25, 0.3) is 0 Å². The fourth-order valence-electron chi connectivity index (χ4n) is 1.62. The van der Waals surface area contributed by atoms with Crippen LogP contribution in [-0.4, -0.2) is 23.3 Å². The molecule has 0 atom stereocenters. The van der Waals surface area contributed by atoms with Gasteiger partial charge >= 0.3 is 5.97 Å². The van der Waals surface area contributed by atoms with Crippen molar-refractivity contribution in [1.82, 2.24) is 10.2 Å². The average Bonchev–Trinajstić information content (AvgIpc) is 2.84. The Labute approximate surface area is 87.1 Å². The quantitative estimate of drug-likeness (QED) is 0.384. The first kappa shape index (κ1) is 9.97. The number of ether oxygens (including phenoxy) is 1. The molecule has 0 aliphatic heterocycles. The maximum Gasteiger partial charge on any atom is 0.343 e. The predicted octanol–water partition coefficient (Wildman–Crippen LogP) is 0.533. The minimum atomic E-state index is -0.417. The number of rotatable bonds is 3. The SMILES string of the molecule is COC(=O)c1c(NN)n[nH]c1C1(C)CC1. The first-order valence-electron chi connectivity index (χ1n) is 4.76. The van der Waals surface area contributed by atoms with Crippen LogP contribution in [0.2, 0.25) is 0 Å². The first-order valence-corrected chi connectivity index (χ1v) is 4.76. The molecule has 1 fully saturated rings. The summed E-state index contributed by atoms with van der Waals surface area (Å²) in [6, 6.07) is 0. The van der Waals surface area contributed by atoms with Gasteiger partial charge in [0.25, 0.3) is 0 Å². The number of carbonyl (C=O) groups is 1. The number of nitrogens with zero attached hydrogens (tertiary/aromatic N) is 1. The van der Waals surface area contributed by atoms with Crippen LogP contribution in [-0.2, 0) is 10.2 Å². The van der Waals surface area contributed by atoms with Gasteiger partial charge in [-0.05, 0) is 12.8 Å². The molecule has 6 nitrogen and oxygen atoms in total. The lowest BCUT2D eigenvalue weighted by Gasteiger charge is -2.08. The van der Waals surface area contributed by atoms with Gasteiger partial charge in [-0.2, -0.15) is 5.10 Å². The first-order chi connectivity index (χ1) is 7.12. The van der Waals surface area contributed by atoms with Crippen molar-refractivity contribution in [2.75, 3.05) is 12.5 Å². The second kappa shape index (κ2) is 3.23. The number of anilines is 1. The summed E-state index contributed by atoms with van der Waals surface area (Å²) >= 11 is 0. The highest BCUT2D eigenvalue weighted by Crippen LogP contribution is 2.48. The van der Waals surface area contributed by atoms with Crippen LogP contribution in [0, 0.1) is 0 Å². The maximum atomic E-state index is 11.6. The van der Waals surface area contributed by atoms with E-state index in [4.69, 9.17) is 10.6 Å². The van der Waals surface area contributed by atoms with Crippen molar-refractivity contribution >= 4 is 11.8 Å². The molecule has 1 aliphatic carbocycles. The largest absolute Gasteiger partial charge is 0.465 e. The molecule has 1 saturated carbocycles. The molecular weight excluding hydrogens is 196 g/mol. The third kappa shape index (κ3) is 1.46. The topological polar surface area (TPSA) is 93.0 Å². The van der Waals surface area contributed by atoms with Gasteiger partial charge in [0.05, 0.1) is 12.8 Å². The molecule has 2 rings (SSSR count). The predicted molar refractivity (Wildman–Crippen MR) is 54.3 cm³/mol. The smallest absolute Gasteiger partial charge is 0.343 e. The van der Waals surface area contributed by atoms with Gasteiger partial charge in [0.1, 0.15) is 5.56 Å². The number of hydrogen-bond acceptors (Lipinski definition) is 5. The van der Waals surface area contributed by atoms with E-state index in [1.807, 2.05) is 0 Å². The highest BCUT2D eigenvalue weighted by atomic mass is 16.5. The number of nitrogens with two attached hydrogens (primary N) is 1. The summed E-state index contributed by atoms with van der Waals surface area (Å²) in [5, 5.41) is 6.80. The second-order valence-corrected chi connectivity index (χ2v) is 4.02. The summed E-state index contributed by atoms with van der Waals surface area (Å²) in [7, 11) is 1.34. The van der Waals surface area contributed by atoms with Crippen LogP contribution in [0.5, 0.6) is 0 Å². The van der Waals surface area contributed by atoms with Crippen molar-refractivity contribution < 1.29 is 9.53 Å². The summed E-state index contributed by atoms with van der Waals surface area (Å²) < 4.78 is 4.71. The molecule has 0 aromatic carbocycles. The van der Waals surface area contributed by atoms with Gasteiger partial charge in [0.15, 0.2) is 5.82 Å². The molecule has 0 bridgehead atoms. The Balaban J connectivity index is 2.46. The lowest BCUT2D eigenvalue weighted by molar-refractivity contribution is 0.0600. The molecule has 1 aromatic rings. The van der Waals surface area contributed by atoms with E-state index in [2.05, 4.69) is 22.5 Å². The van der Waals surface area contributed by atoms with Crippen molar-refractivity contribution in [3.8, 4) is 0 Å². The molecule has 1 aromatic heterocycles. The van der Waals surface area contributed by atoms with E-state index in [1.165, 1.54) is 7.11 Å². The van der Waals surface area contributed by atoms with E-state index in [0.29, 0.717) is 11.4 Å². The Morgan fingerprint density at radius 1 is 1.67 bits per heavy atom. The number of hydrazine groups is 1. The number of nitrogens with one attached hydrogen (secondary N) is 2. The van der Waals surface area contributed by atoms with Crippen LogP contribution < -0.4 is 11.3 Å². The van der Waals surface area contributed by atoms with E-state index in [0.717, 1.165) is 18.5 Å². The summed E-state index contributed by atoms with van der Waals surface area (Å²) in [6.45, 7) is 2.08. The van der Waals surface area contributed by atoms with Crippen LogP contribution in [0.3, 0.4) is 0 Å². The molecule has 0 saturated heterocycles. The number of aromatic nitrogens is 2. The molecule has 1 aliphatic rings. The third-order valence-corrected chi connectivity index (χ3v) is 2.90. The molecule has 0 radical (unpaired) electrons. The van der Waals surface area contributed by atoms with Crippen molar-refractivity contribution in [3.05, 3.63) is 11.3 Å². The molecule has 1 heterocycles. The van der Waals surface area contributed by atoms with Gasteiger partial charge < -0.3 is 10.2 Å². The van der Waals surface area contributed by atoms with Crippen molar-refractivity contribution in [3.63, 3.8) is 0 Å². The van der Waals surface area contributed by atoms with Crippen LogP contribution in [0.15, 0.2) is 0 Å². The number of carbonyl (C=O) groups excluding carboxylic acids is 1. The summed E-state index contributed by atoms with van der Waals surface area (Å²) in [6.07, 6.45) is 2.09. The van der Waals surface area contributed by atoms with Crippen molar-refractivity contribution in [1.29, 1.82) is 0 Å². The van der Waals surface area contributed by atoms with Crippen LogP contribution in [0.1, 0.15) is 35.8 Å². The highest BCUT2D eigenvalue weighted by Gasteiger charge is 2.44. The summed E-state index contributed by atoms with van der Waals surface area (Å²) in [5.74, 6) is 5.20. The average molecular weight is 210 g/mol. The number of nitrogen functional groups attached to an aromatic ring is 1. The highest BCUT2D eigenvalue weighted by molar-refractivity contribution is 5.96. The van der Waals surface area contributed by atoms with Gasteiger partial charge in [-0.3, -0.25) is 5.10 Å². The molecule has 0 unspecified atom stereocenters. The summed E-state index contributed by atoms with van der Waals surface area (Å²) in [4.78, 5) is 11.6. The monoisotopic (exact) mass is 210 g/mol. The minimum Gasteiger partial charge on any atom is -0.465 e. The fraction of sp³-hybridized carbons (Fsp3) is 0.556. The Bertz CT molecular complexity index is 395. The minimum absolute atomic E-state index is 0.0195. The van der Waals surface area contributed by atoms with Gasteiger partial charge in [-0.15, -0.1) is 0 Å². The van der Waals surface area contributed by atoms with Gasteiger partial charge in [0, 0.05) is 5.41 Å². The molecular formula is C9H14N4O2. The number of hydrogen-bond donors (Lipinski definition) is 3. The van der Waals surface area contributed by atoms with E-state index in [1.54, 1.807) is 0 Å². The number of aromatic amines is 1. The Morgan fingerprint density at radius 3 is 2.80 bits per heavy atom. The molecule has 6 heteroatoms. The Hall–Kier alpha value is -1.56. The Morgan fingerprint density at radius 2 is 2.33 bits per heavy atom. The standard InChI is InChI=1S/C9H14N4O2/c1-9(3-4-9)6-5(8(14)15-2)7(11-10)13-12-6/h3-4,10H2,1-2H3,(H2,11,12,13). The second-order valence-electron chi connectivity index (χ2n) is 4.02. The molecule has 82 valence electrons. The fourth-order valence-corrected chi connectivity index (χ4v) is 1.62. The van der Waals surface area contributed by atoms with E-state index in [-0.39, 0.29) is 5.41 Å². The maximum absolute atomic E-state index is 11.6. The lowest BCUT2D eigenvalue weighted by atomic mass is 10.0. The van der Waals surface area contributed by atoms with E-state index >= 15 is 0 Å². The van der Waals surface area contributed by atoms with Crippen molar-refractivity contribution in [2.24, 2.45) is 5.84 Å². The zero-order valence-corrected chi connectivity index (χ0v) is 8.76. The van der Waals surface area contributed by atoms with Gasteiger partial charge in [-0.25, -0.2) is 10.6 Å². The zero-order chi connectivity index (χ0) is 11.1. The number of H-pyrrole nitrogens is 1. The van der Waals surface area contributed by atoms with Crippen LogP contribution in [0.4, 0.5) is 5.82 Å². The molecule has 0 amide bonds. The van der Waals surface area contributed by atoms with Gasteiger partial charge in [0.2, 0.25) is 0 Å².